The molecule has 0 aliphatic carbocycles. The molecule has 0 bridgehead atoms. The van der Waals surface area contributed by atoms with Crippen LogP contribution in [0.5, 0.6) is 5.75 Å². The number of benzene rings is 2. The second-order valence-corrected chi connectivity index (χ2v) is 8.63. The number of halogens is 2. The van der Waals surface area contributed by atoms with Gasteiger partial charge in [0.05, 0.1) is 0 Å². The van der Waals surface area contributed by atoms with Gasteiger partial charge in [-0.3, -0.25) is 9.59 Å². The molecule has 2 aromatic rings. The van der Waals surface area contributed by atoms with Gasteiger partial charge in [-0.25, -0.2) is 0 Å². The predicted octanol–water partition coefficient (Wildman–Crippen LogP) is 5.12. The summed E-state index contributed by atoms with van der Waals surface area (Å²) in [6.07, 6.45) is 0.815. The van der Waals surface area contributed by atoms with Crippen molar-refractivity contribution >= 4 is 39.3 Å². The van der Waals surface area contributed by atoms with Crippen LogP contribution in [0.2, 0.25) is 5.02 Å². The molecule has 0 fully saturated rings. The van der Waals surface area contributed by atoms with Crippen LogP contribution in [-0.4, -0.2) is 35.4 Å². The summed E-state index contributed by atoms with van der Waals surface area (Å²) < 4.78 is 6.68. The number of carbonyl (C=O) groups is 2. The summed E-state index contributed by atoms with van der Waals surface area (Å²) in [5.74, 6) is 0.149. The summed E-state index contributed by atoms with van der Waals surface area (Å²) >= 11 is 9.42. The third-order valence-electron chi connectivity index (χ3n) is 4.93. The summed E-state index contributed by atoms with van der Waals surface area (Å²) in [6, 6.07) is 12.2. The molecule has 2 aromatic carbocycles. The first kappa shape index (κ1) is 24.2. The van der Waals surface area contributed by atoms with E-state index in [2.05, 4.69) is 21.2 Å². The van der Waals surface area contributed by atoms with E-state index in [4.69, 9.17) is 16.3 Å². The molecule has 0 heterocycles. The number of nitrogens with one attached hydrogen (secondary N) is 1. The highest BCUT2D eigenvalue weighted by atomic mass is 79.9. The SMILES string of the molecule is CC[C@H](C)NC(=O)[C@H](C)N(Cc1ccc(Cl)cc1)C(=O)COc1ccc(Br)c(C)c1. The molecule has 162 valence electrons. The molecule has 0 radical (unpaired) electrons. The Morgan fingerprint density at radius 3 is 2.43 bits per heavy atom. The quantitative estimate of drug-likeness (QED) is 0.525. The standard InChI is InChI=1S/C23H28BrClN2O3/c1-5-16(3)26-23(29)17(4)27(13-18-6-8-19(25)9-7-18)22(28)14-30-20-10-11-21(24)15(2)12-20/h6-12,16-17H,5,13-14H2,1-4H3,(H,26,29)/t16-,17-/m0/s1. The Kier molecular flexibility index (Phi) is 9.18. The smallest absolute Gasteiger partial charge is 0.261 e. The predicted molar refractivity (Wildman–Crippen MR) is 124 cm³/mol. The van der Waals surface area contributed by atoms with Gasteiger partial charge < -0.3 is 15.0 Å². The van der Waals surface area contributed by atoms with Gasteiger partial charge in [0, 0.05) is 22.1 Å². The second kappa shape index (κ2) is 11.4. The van der Waals surface area contributed by atoms with Gasteiger partial charge in [-0.15, -0.1) is 0 Å². The van der Waals surface area contributed by atoms with E-state index in [9.17, 15) is 9.59 Å². The Hall–Kier alpha value is -2.05. The summed E-state index contributed by atoms with van der Waals surface area (Å²) in [7, 11) is 0. The molecule has 0 aliphatic heterocycles. The summed E-state index contributed by atoms with van der Waals surface area (Å²) in [5, 5.41) is 3.57. The minimum atomic E-state index is -0.641. The molecular weight excluding hydrogens is 468 g/mol. The topological polar surface area (TPSA) is 58.6 Å². The van der Waals surface area contributed by atoms with Crippen LogP contribution in [0.25, 0.3) is 0 Å². The zero-order chi connectivity index (χ0) is 22.3. The average Bonchev–Trinajstić information content (AvgIpc) is 2.73. The van der Waals surface area contributed by atoms with Crippen molar-refractivity contribution in [2.75, 3.05) is 6.61 Å². The molecule has 2 amide bonds. The maximum Gasteiger partial charge on any atom is 0.261 e. The fourth-order valence-electron chi connectivity index (χ4n) is 2.77. The lowest BCUT2D eigenvalue weighted by molar-refractivity contribution is -0.142. The van der Waals surface area contributed by atoms with Crippen molar-refractivity contribution in [3.8, 4) is 5.75 Å². The maximum absolute atomic E-state index is 13.0. The number of carbonyl (C=O) groups excluding carboxylic acids is 2. The fraction of sp³-hybridized carbons (Fsp3) is 0.391. The van der Waals surface area contributed by atoms with Gasteiger partial charge in [0.2, 0.25) is 5.91 Å². The number of nitrogens with zero attached hydrogens (tertiary/aromatic N) is 1. The summed E-state index contributed by atoms with van der Waals surface area (Å²) in [6.45, 7) is 7.75. The van der Waals surface area contributed by atoms with E-state index in [-0.39, 0.29) is 31.0 Å². The Balaban J connectivity index is 2.15. The molecule has 30 heavy (non-hydrogen) atoms. The van der Waals surface area contributed by atoms with Crippen LogP contribution in [0.15, 0.2) is 46.9 Å². The van der Waals surface area contributed by atoms with Crippen LogP contribution in [0.4, 0.5) is 0 Å². The highest BCUT2D eigenvalue weighted by Gasteiger charge is 2.27. The van der Waals surface area contributed by atoms with Crippen LogP contribution >= 0.6 is 27.5 Å². The molecule has 0 aliphatic rings. The molecular formula is C23H28BrClN2O3. The second-order valence-electron chi connectivity index (χ2n) is 7.34. The normalized spacial score (nSPS) is 12.7. The van der Waals surface area contributed by atoms with Crippen molar-refractivity contribution in [1.82, 2.24) is 10.2 Å². The molecule has 2 rings (SSSR count). The van der Waals surface area contributed by atoms with Gasteiger partial charge in [-0.05, 0) is 68.7 Å². The van der Waals surface area contributed by atoms with E-state index in [0.29, 0.717) is 10.8 Å². The number of hydrogen-bond acceptors (Lipinski definition) is 3. The molecule has 0 unspecified atom stereocenters. The molecule has 2 atom stereocenters. The van der Waals surface area contributed by atoms with Gasteiger partial charge in [0.15, 0.2) is 6.61 Å². The van der Waals surface area contributed by atoms with E-state index in [1.807, 2.05) is 45.0 Å². The van der Waals surface area contributed by atoms with Crippen molar-refractivity contribution in [2.45, 2.75) is 52.7 Å². The van der Waals surface area contributed by atoms with E-state index >= 15 is 0 Å². The molecule has 0 spiro atoms. The third kappa shape index (κ3) is 7.03. The molecule has 0 saturated heterocycles. The van der Waals surface area contributed by atoms with Gasteiger partial charge in [0.25, 0.3) is 5.91 Å². The van der Waals surface area contributed by atoms with Gasteiger partial charge in [-0.2, -0.15) is 0 Å². The first-order valence-electron chi connectivity index (χ1n) is 9.94. The largest absolute Gasteiger partial charge is 0.484 e. The number of hydrogen-bond donors (Lipinski definition) is 1. The van der Waals surface area contributed by atoms with Crippen LogP contribution in [0.3, 0.4) is 0 Å². The van der Waals surface area contributed by atoms with Crippen LogP contribution in [0, 0.1) is 6.92 Å². The number of amides is 2. The Morgan fingerprint density at radius 1 is 1.17 bits per heavy atom. The van der Waals surface area contributed by atoms with Crippen LogP contribution in [0.1, 0.15) is 38.3 Å². The van der Waals surface area contributed by atoms with Crippen molar-refractivity contribution in [3.05, 3.63) is 63.1 Å². The van der Waals surface area contributed by atoms with Crippen molar-refractivity contribution < 1.29 is 14.3 Å². The molecule has 0 aromatic heterocycles. The lowest BCUT2D eigenvalue weighted by Gasteiger charge is -2.29. The lowest BCUT2D eigenvalue weighted by atomic mass is 10.1. The molecule has 0 saturated carbocycles. The first-order valence-corrected chi connectivity index (χ1v) is 11.1. The Morgan fingerprint density at radius 2 is 1.83 bits per heavy atom. The Labute approximate surface area is 191 Å². The van der Waals surface area contributed by atoms with E-state index in [0.717, 1.165) is 22.0 Å². The fourth-order valence-corrected chi connectivity index (χ4v) is 3.14. The minimum Gasteiger partial charge on any atom is -0.484 e. The van der Waals surface area contributed by atoms with Crippen LogP contribution < -0.4 is 10.1 Å². The summed E-state index contributed by atoms with van der Waals surface area (Å²) in [4.78, 5) is 27.2. The lowest BCUT2D eigenvalue weighted by Crippen LogP contribution is -2.50. The van der Waals surface area contributed by atoms with E-state index in [1.54, 1.807) is 25.1 Å². The third-order valence-corrected chi connectivity index (χ3v) is 6.07. The zero-order valence-electron chi connectivity index (χ0n) is 17.7. The average molecular weight is 496 g/mol. The highest BCUT2D eigenvalue weighted by Crippen LogP contribution is 2.22. The summed E-state index contributed by atoms with van der Waals surface area (Å²) in [5.41, 5.74) is 1.90. The van der Waals surface area contributed by atoms with Crippen LogP contribution in [-0.2, 0) is 16.1 Å². The first-order chi connectivity index (χ1) is 14.2. The van der Waals surface area contributed by atoms with Crippen molar-refractivity contribution in [1.29, 1.82) is 0 Å². The van der Waals surface area contributed by atoms with Crippen molar-refractivity contribution in [2.24, 2.45) is 0 Å². The monoisotopic (exact) mass is 494 g/mol. The number of ether oxygens (including phenoxy) is 1. The van der Waals surface area contributed by atoms with E-state index in [1.165, 1.54) is 4.90 Å². The number of aryl methyl sites for hydroxylation is 1. The van der Waals surface area contributed by atoms with Gasteiger partial charge in [-0.1, -0.05) is 46.6 Å². The van der Waals surface area contributed by atoms with Crippen molar-refractivity contribution in [3.63, 3.8) is 0 Å². The minimum absolute atomic E-state index is 0.0365. The Bertz CT molecular complexity index is 873. The molecule has 5 nitrogen and oxygen atoms in total. The molecule has 7 heteroatoms. The highest BCUT2D eigenvalue weighted by molar-refractivity contribution is 9.10. The van der Waals surface area contributed by atoms with Gasteiger partial charge in [0.1, 0.15) is 11.8 Å². The van der Waals surface area contributed by atoms with E-state index < -0.39 is 6.04 Å². The zero-order valence-corrected chi connectivity index (χ0v) is 20.1. The number of rotatable bonds is 9. The maximum atomic E-state index is 13.0. The molecule has 1 N–H and O–H groups in total. The van der Waals surface area contributed by atoms with Gasteiger partial charge >= 0.3 is 0 Å².